The third kappa shape index (κ3) is 4.59. The highest BCUT2D eigenvalue weighted by molar-refractivity contribution is 6.02. The Hall–Kier alpha value is -4.95. The van der Waals surface area contributed by atoms with Crippen molar-refractivity contribution in [3.8, 4) is 44.5 Å². The number of halogens is 15. The molecule has 5 rings (SSSR count). The van der Waals surface area contributed by atoms with Crippen LogP contribution in [0.3, 0.4) is 0 Å². The van der Waals surface area contributed by atoms with Crippen molar-refractivity contribution in [2.24, 2.45) is 0 Å². The quantitative estimate of drug-likeness (QED) is 0.103. The Morgan fingerprint density at radius 3 is 0.844 bits per heavy atom. The summed E-state index contributed by atoms with van der Waals surface area (Å²) >= 11 is 0. The Labute approximate surface area is 240 Å². The van der Waals surface area contributed by atoms with E-state index in [0.717, 1.165) is 12.1 Å². The second-order valence-corrected chi connectivity index (χ2v) is 9.11. The summed E-state index contributed by atoms with van der Waals surface area (Å²) in [7, 11) is 0. The van der Waals surface area contributed by atoms with Gasteiger partial charge < -0.3 is 0 Å². The van der Waals surface area contributed by atoms with Gasteiger partial charge in [0.15, 0.2) is 69.8 Å². The molecular weight excluding hydrogens is 645 g/mol. The molecule has 232 valence electrons. The number of hydrogen-bond acceptors (Lipinski definition) is 0. The van der Waals surface area contributed by atoms with Gasteiger partial charge in [-0.15, -0.1) is 0 Å². The van der Waals surface area contributed by atoms with Crippen LogP contribution in [-0.4, -0.2) is 0 Å². The van der Waals surface area contributed by atoms with E-state index in [9.17, 15) is 39.5 Å². The minimum absolute atomic E-state index is 0.314. The van der Waals surface area contributed by atoms with E-state index in [2.05, 4.69) is 0 Å². The summed E-state index contributed by atoms with van der Waals surface area (Å²) in [6, 6.07) is 6.74. The number of hydrogen-bond donors (Lipinski definition) is 0. The van der Waals surface area contributed by atoms with E-state index in [1.807, 2.05) is 0 Å². The summed E-state index contributed by atoms with van der Waals surface area (Å²) in [5.41, 5.74) is -12.8. The Morgan fingerprint density at radius 2 is 0.489 bits per heavy atom. The average molecular weight is 652 g/mol. The van der Waals surface area contributed by atoms with E-state index in [-0.39, 0.29) is 5.56 Å². The molecule has 0 fully saturated rings. The van der Waals surface area contributed by atoms with Crippen LogP contribution in [0.4, 0.5) is 65.9 Å². The van der Waals surface area contributed by atoms with Gasteiger partial charge in [0.05, 0.1) is 16.7 Å². The molecule has 0 amide bonds. The lowest BCUT2D eigenvalue weighted by Crippen LogP contribution is -2.11. The summed E-state index contributed by atoms with van der Waals surface area (Å²) < 4.78 is 220. The normalized spacial score (nSPS) is 11.4. The summed E-state index contributed by atoms with van der Waals surface area (Å²) in [4.78, 5) is 0. The van der Waals surface area contributed by atoms with Crippen LogP contribution in [0.15, 0.2) is 42.5 Å². The lowest BCUT2D eigenvalue weighted by molar-refractivity contribution is 0.380. The van der Waals surface area contributed by atoms with Crippen molar-refractivity contribution < 1.29 is 65.9 Å². The molecule has 0 unspecified atom stereocenters. The van der Waals surface area contributed by atoms with Gasteiger partial charge in [0.2, 0.25) is 17.5 Å². The molecule has 0 saturated carbocycles. The maximum absolute atomic E-state index is 15.3. The van der Waals surface area contributed by atoms with Crippen LogP contribution in [0, 0.1) is 87.3 Å². The van der Waals surface area contributed by atoms with Gasteiger partial charge in [-0.2, -0.15) is 0 Å². The molecule has 0 aliphatic rings. The first-order valence-corrected chi connectivity index (χ1v) is 11.9. The second-order valence-electron chi connectivity index (χ2n) is 9.11. The number of benzene rings is 5. The Morgan fingerprint density at radius 1 is 0.222 bits per heavy atom. The van der Waals surface area contributed by atoms with Gasteiger partial charge in [-0.3, -0.25) is 0 Å². The molecule has 0 spiro atoms. The summed E-state index contributed by atoms with van der Waals surface area (Å²) in [5.74, 6) is -41.4. The predicted octanol–water partition coefficient (Wildman–Crippen LogP) is 10.4. The molecule has 0 aliphatic carbocycles. The van der Waals surface area contributed by atoms with E-state index in [1.54, 1.807) is 0 Å². The van der Waals surface area contributed by atoms with Gasteiger partial charge in [0.25, 0.3) is 0 Å². The minimum Gasteiger partial charge on any atom is -0.203 e. The van der Waals surface area contributed by atoms with Crippen molar-refractivity contribution in [2.45, 2.75) is 0 Å². The third-order valence-electron chi connectivity index (χ3n) is 6.69. The summed E-state index contributed by atoms with van der Waals surface area (Å²) in [6.07, 6.45) is 0. The standard InChI is InChI=1S/C30H7F15/c31-16-13(17(32)23(38)28(43)22(16)37)10-7-6-9(8-4-2-1-3-5-8)11(14-18(33)24(39)29(44)25(40)19(14)34)12(10)15-20(35)26(41)30(45)27(42)21(15)36/h1-7H. The van der Waals surface area contributed by atoms with E-state index >= 15 is 26.3 Å². The van der Waals surface area contributed by atoms with Crippen molar-refractivity contribution in [1.29, 1.82) is 0 Å². The minimum atomic E-state index is -2.85. The monoisotopic (exact) mass is 652 g/mol. The molecule has 0 heterocycles. The first-order valence-electron chi connectivity index (χ1n) is 11.9. The highest BCUT2D eigenvalue weighted by atomic mass is 19.2. The molecule has 0 saturated heterocycles. The first kappa shape index (κ1) is 31.5. The fourth-order valence-electron chi connectivity index (χ4n) is 4.68. The molecular formula is C30H7F15. The van der Waals surface area contributed by atoms with Crippen molar-refractivity contribution >= 4 is 0 Å². The van der Waals surface area contributed by atoms with E-state index in [1.165, 1.54) is 18.2 Å². The second kappa shape index (κ2) is 11.2. The van der Waals surface area contributed by atoms with Gasteiger partial charge in [-0.1, -0.05) is 42.5 Å². The van der Waals surface area contributed by atoms with Crippen LogP contribution in [-0.2, 0) is 0 Å². The van der Waals surface area contributed by atoms with E-state index in [4.69, 9.17) is 0 Å². The van der Waals surface area contributed by atoms with Crippen LogP contribution < -0.4 is 0 Å². The molecule has 15 heteroatoms. The van der Waals surface area contributed by atoms with Gasteiger partial charge in [0, 0.05) is 11.1 Å². The van der Waals surface area contributed by atoms with Gasteiger partial charge in [-0.05, 0) is 16.7 Å². The molecule has 0 nitrogen and oxygen atoms in total. The smallest absolute Gasteiger partial charge is 0.200 e. The average Bonchev–Trinajstić information content (AvgIpc) is 3.04. The van der Waals surface area contributed by atoms with Gasteiger partial charge in [0.1, 0.15) is 0 Å². The molecule has 0 bridgehead atoms. The fourth-order valence-corrected chi connectivity index (χ4v) is 4.68. The maximum Gasteiger partial charge on any atom is 0.200 e. The lowest BCUT2D eigenvalue weighted by Gasteiger charge is -2.23. The van der Waals surface area contributed by atoms with E-state index < -0.39 is 126 Å². The highest BCUT2D eigenvalue weighted by Gasteiger charge is 2.37. The molecule has 0 atom stereocenters. The highest BCUT2D eigenvalue weighted by Crippen LogP contribution is 2.51. The molecule has 0 aromatic heterocycles. The molecule has 5 aromatic carbocycles. The van der Waals surface area contributed by atoms with Crippen LogP contribution in [0.1, 0.15) is 0 Å². The van der Waals surface area contributed by atoms with Gasteiger partial charge in [-0.25, -0.2) is 65.9 Å². The molecule has 0 radical (unpaired) electrons. The van der Waals surface area contributed by atoms with E-state index in [0.29, 0.717) is 12.1 Å². The van der Waals surface area contributed by atoms with Crippen LogP contribution in [0.2, 0.25) is 0 Å². The summed E-state index contributed by atoms with van der Waals surface area (Å²) in [6.45, 7) is 0. The molecule has 5 aromatic rings. The van der Waals surface area contributed by atoms with Crippen molar-refractivity contribution in [3.63, 3.8) is 0 Å². The summed E-state index contributed by atoms with van der Waals surface area (Å²) in [5, 5.41) is 0. The Balaban J connectivity index is 2.18. The molecule has 45 heavy (non-hydrogen) atoms. The molecule has 0 aliphatic heterocycles. The fraction of sp³-hybridized carbons (Fsp3) is 0. The SMILES string of the molecule is Fc1c(F)c(F)c(-c2ccc(-c3ccccc3)c(-c3c(F)c(F)c(F)c(F)c3F)c2-c2c(F)c(F)c(F)c(F)c2F)c(F)c1F. The zero-order valence-electron chi connectivity index (χ0n) is 21.2. The van der Waals surface area contributed by atoms with Crippen molar-refractivity contribution in [1.82, 2.24) is 0 Å². The molecule has 0 N–H and O–H groups in total. The van der Waals surface area contributed by atoms with Crippen LogP contribution in [0.5, 0.6) is 0 Å². The largest absolute Gasteiger partial charge is 0.203 e. The maximum atomic E-state index is 15.3. The Bertz CT molecular complexity index is 1970. The van der Waals surface area contributed by atoms with Crippen molar-refractivity contribution in [2.75, 3.05) is 0 Å². The third-order valence-corrected chi connectivity index (χ3v) is 6.69. The zero-order chi connectivity index (χ0) is 33.2. The predicted molar refractivity (Wildman–Crippen MR) is 128 cm³/mol. The van der Waals surface area contributed by atoms with Crippen LogP contribution in [0.25, 0.3) is 44.5 Å². The Kier molecular flexibility index (Phi) is 7.83. The van der Waals surface area contributed by atoms with Crippen LogP contribution >= 0.6 is 0 Å². The number of rotatable bonds is 4. The zero-order valence-corrected chi connectivity index (χ0v) is 21.2. The first-order chi connectivity index (χ1) is 21.1. The van der Waals surface area contributed by atoms with Crippen molar-refractivity contribution in [3.05, 3.63) is 130 Å². The lowest BCUT2D eigenvalue weighted by atomic mass is 9.81. The topological polar surface area (TPSA) is 0 Å². The van der Waals surface area contributed by atoms with Gasteiger partial charge >= 0.3 is 0 Å².